The van der Waals surface area contributed by atoms with Crippen molar-refractivity contribution in [2.24, 2.45) is 0 Å². The second-order valence-corrected chi connectivity index (χ2v) is 10.7. The van der Waals surface area contributed by atoms with E-state index in [2.05, 4.69) is 10.7 Å². The number of anilines is 1. The van der Waals surface area contributed by atoms with Gasteiger partial charge in [0.2, 0.25) is 5.91 Å². The largest absolute Gasteiger partial charge is 0.317 e. The van der Waals surface area contributed by atoms with E-state index in [0.717, 1.165) is 42.5 Å². The Labute approximate surface area is 181 Å². The molecule has 1 aliphatic carbocycles. The summed E-state index contributed by atoms with van der Waals surface area (Å²) in [5, 5.41) is 4.88. The molecule has 0 radical (unpaired) electrons. The first-order valence-electron chi connectivity index (χ1n) is 9.98. The molecular weight excluding hydrogens is 422 g/mol. The summed E-state index contributed by atoms with van der Waals surface area (Å²) in [4.78, 5) is 26.7. The van der Waals surface area contributed by atoms with Crippen molar-refractivity contribution in [2.75, 3.05) is 25.2 Å². The molecule has 2 aromatic rings. The van der Waals surface area contributed by atoms with Crippen LogP contribution in [0.4, 0.5) is 5.00 Å². The average Bonchev–Trinajstić information content (AvgIpc) is 2.87. The van der Waals surface area contributed by atoms with E-state index in [1.807, 2.05) is 0 Å². The maximum atomic E-state index is 12.8. The zero-order valence-electron chi connectivity index (χ0n) is 17.2. The molecule has 162 valence electrons. The molecule has 2 N–H and O–H groups in total. The first-order chi connectivity index (χ1) is 14.3. The van der Waals surface area contributed by atoms with Gasteiger partial charge in [-0.3, -0.25) is 15.0 Å². The van der Waals surface area contributed by atoms with E-state index in [4.69, 9.17) is 0 Å². The van der Waals surface area contributed by atoms with Gasteiger partial charge in [-0.1, -0.05) is 24.6 Å². The number of hydrogen-bond donors (Lipinski definition) is 2. The molecule has 0 saturated carbocycles. The number of aryl methyl sites for hydroxylation is 1. The number of rotatable bonds is 7. The van der Waals surface area contributed by atoms with Crippen LogP contribution in [-0.4, -0.2) is 45.1 Å². The normalized spacial score (nSPS) is 14.1. The molecule has 0 fully saturated rings. The van der Waals surface area contributed by atoms with E-state index >= 15 is 0 Å². The lowest BCUT2D eigenvalue weighted by molar-refractivity contribution is -0.115. The van der Waals surface area contributed by atoms with Crippen LogP contribution < -0.4 is 10.7 Å². The van der Waals surface area contributed by atoms with Crippen molar-refractivity contribution in [3.63, 3.8) is 0 Å². The zero-order chi connectivity index (χ0) is 21.7. The van der Waals surface area contributed by atoms with Gasteiger partial charge < -0.3 is 5.32 Å². The Hall–Kier alpha value is -2.23. The molecule has 1 heterocycles. The molecule has 0 unspecified atom stereocenters. The van der Waals surface area contributed by atoms with Gasteiger partial charge in [0.05, 0.1) is 16.2 Å². The summed E-state index contributed by atoms with van der Waals surface area (Å²) in [6, 6.07) is 8.09. The molecule has 9 heteroatoms. The van der Waals surface area contributed by atoms with Crippen LogP contribution in [0.2, 0.25) is 0 Å². The topological polar surface area (TPSA) is 95.6 Å². The van der Waals surface area contributed by atoms with Crippen LogP contribution in [-0.2, 0) is 27.5 Å². The fraction of sp³-hybridized carbons (Fsp3) is 0.429. The minimum atomic E-state index is -3.54. The molecule has 0 bridgehead atoms. The highest BCUT2D eigenvalue weighted by atomic mass is 32.2. The van der Waals surface area contributed by atoms with E-state index in [1.54, 1.807) is 37.3 Å². The fourth-order valence-electron chi connectivity index (χ4n) is 3.49. The predicted molar refractivity (Wildman–Crippen MR) is 118 cm³/mol. The highest BCUT2D eigenvalue weighted by Gasteiger charge is 2.26. The number of benzene rings is 1. The van der Waals surface area contributed by atoms with Crippen molar-refractivity contribution >= 4 is 38.0 Å². The third-order valence-electron chi connectivity index (χ3n) is 4.93. The lowest BCUT2D eigenvalue weighted by atomic mass is 10.1. The Bertz CT molecular complexity index is 1010. The number of sulfone groups is 1. The molecule has 0 saturated heterocycles. The quantitative estimate of drug-likeness (QED) is 0.500. The maximum absolute atomic E-state index is 12.8. The third-order valence-corrected chi connectivity index (χ3v) is 7.87. The van der Waals surface area contributed by atoms with Crippen molar-refractivity contribution in [2.45, 2.75) is 43.4 Å². The van der Waals surface area contributed by atoms with E-state index in [1.165, 1.54) is 23.5 Å². The number of hydrazine groups is 1. The van der Waals surface area contributed by atoms with Crippen molar-refractivity contribution in [1.29, 1.82) is 0 Å². The van der Waals surface area contributed by atoms with Gasteiger partial charge in [0.1, 0.15) is 5.00 Å². The Morgan fingerprint density at radius 2 is 1.77 bits per heavy atom. The molecule has 7 nitrogen and oxygen atoms in total. The molecule has 3 rings (SSSR count). The van der Waals surface area contributed by atoms with E-state index < -0.39 is 15.7 Å². The Balaban J connectivity index is 1.76. The summed E-state index contributed by atoms with van der Waals surface area (Å²) in [5.41, 5.74) is 4.27. The lowest BCUT2D eigenvalue weighted by Crippen LogP contribution is -2.36. The third kappa shape index (κ3) is 5.47. The van der Waals surface area contributed by atoms with E-state index in [0.29, 0.717) is 10.6 Å². The molecule has 2 amide bonds. The monoisotopic (exact) mass is 449 g/mol. The van der Waals surface area contributed by atoms with Crippen LogP contribution in [0.1, 0.15) is 46.5 Å². The molecule has 0 aliphatic heterocycles. The molecular formula is C21H27N3O4S2. The van der Waals surface area contributed by atoms with Gasteiger partial charge in [-0.2, -0.15) is 0 Å². The van der Waals surface area contributed by atoms with Crippen molar-refractivity contribution in [3.8, 4) is 0 Å². The second kappa shape index (κ2) is 9.72. The van der Waals surface area contributed by atoms with Gasteiger partial charge >= 0.3 is 0 Å². The Morgan fingerprint density at radius 3 is 2.47 bits per heavy atom. The van der Waals surface area contributed by atoms with Crippen molar-refractivity contribution < 1.29 is 18.0 Å². The first kappa shape index (κ1) is 22.5. The summed E-state index contributed by atoms with van der Waals surface area (Å²) < 4.78 is 24.9. The lowest BCUT2D eigenvalue weighted by Gasteiger charge is -2.14. The van der Waals surface area contributed by atoms with Gasteiger partial charge in [0.25, 0.3) is 5.91 Å². The van der Waals surface area contributed by atoms with E-state index in [-0.39, 0.29) is 23.0 Å². The van der Waals surface area contributed by atoms with Gasteiger partial charge in [-0.05, 0) is 43.4 Å². The molecule has 1 aromatic carbocycles. The van der Waals surface area contributed by atoms with Gasteiger partial charge in [-0.15, -0.1) is 11.3 Å². The maximum Gasteiger partial charge on any atom is 0.268 e. The number of carbonyl (C=O) groups excluding carboxylic acids is 2. The van der Waals surface area contributed by atoms with Crippen LogP contribution in [0.15, 0.2) is 35.2 Å². The number of nitrogens with one attached hydrogen (secondary N) is 2. The Kier molecular flexibility index (Phi) is 7.27. The minimum Gasteiger partial charge on any atom is -0.317 e. The predicted octanol–water partition coefficient (Wildman–Crippen LogP) is 3.03. The van der Waals surface area contributed by atoms with Crippen LogP contribution in [0.25, 0.3) is 0 Å². The number of carbonyl (C=O) groups is 2. The number of fused-ring (bicyclic) bond motifs is 1. The number of thiophene rings is 1. The summed E-state index contributed by atoms with van der Waals surface area (Å²) in [5.74, 6) is -0.955. The molecule has 0 atom stereocenters. The van der Waals surface area contributed by atoms with Crippen LogP contribution in [0.3, 0.4) is 0 Å². The van der Waals surface area contributed by atoms with E-state index in [9.17, 15) is 18.0 Å². The summed E-state index contributed by atoms with van der Waals surface area (Å²) in [6.07, 6.45) is 4.71. The van der Waals surface area contributed by atoms with Crippen molar-refractivity contribution in [1.82, 2.24) is 10.4 Å². The van der Waals surface area contributed by atoms with Gasteiger partial charge in [-0.25, -0.2) is 13.4 Å². The number of amides is 2. The summed E-state index contributed by atoms with van der Waals surface area (Å²) in [6.45, 7) is 0. The van der Waals surface area contributed by atoms with Gasteiger partial charge in [0, 0.05) is 25.4 Å². The minimum absolute atomic E-state index is 0.172. The highest BCUT2D eigenvalue weighted by Crippen LogP contribution is 2.37. The van der Waals surface area contributed by atoms with Gasteiger partial charge in [0.15, 0.2) is 9.84 Å². The Morgan fingerprint density at radius 1 is 1.07 bits per heavy atom. The number of nitrogens with zero attached hydrogens (tertiary/aromatic N) is 1. The average molecular weight is 450 g/mol. The van der Waals surface area contributed by atoms with Crippen LogP contribution in [0.5, 0.6) is 0 Å². The first-order valence-corrected chi connectivity index (χ1v) is 12.5. The zero-order valence-corrected chi connectivity index (χ0v) is 18.9. The highest BCUT2D eigenvalue weighted by molar-refractivity contribution is 7.91. The molecule has 1 aliphatic rings. The number of hydrogen-bond acceptors (Lipinski definition) is 6. The smallest absolute Gasteiger partial charge is 0.268 e. The summed E-state index contributed by atoms with van der Waals surface area (Å²) in [7, 11) is -0.0769. The molecule has 30 heavy (non-hydrogen) atoms. The standard InChI is InChI=1S/C21H27N3O4S2/c1-24(2)23-20(26)19-16-11-7-4-8-12-17(16)29-21(19)22-18(25)13-14-30(27,28)15-9-5-3-6-10-15/h3,5-6,9-10H,4,7-8,11-14H2,1-2H3,(H,22,25)(H,23,26). The molecule has 0 spiro atoms. The second-order valence-electron chi connectivity index (χ2n) is 7.53. The van der Waals surface area contributed by atoms with Crippen LogP contribution in [0, 0.1) is 0 Å². The van der Waals surface area contributed by atoms with Crippen molar-refractivity contribution in [3.05, 3.63) is 46.3 Å². The van der Waals surface area contributed by atoms with Crippen LogP contribution >= 0.6 is 11.3 Å². The fourth-order valence-corrected chi connectivity index (χ4v) is 6.06. The molecule has 1 aromatic heterocycles. The summed E-state index contributed by atoms with van der Waals surface area (Å²) >= 11 is 1.43. The SMILES string of the molecule is CN(C)NC(=O)c1c(NC(=O)CCS(=O)(=O)c2ccccc2)sc2c1CCCCC2.